The predicted octanol–water partition coefficient (Wildman–Crippen LogP) is 2.53. The molecular weight excluding hydrogens is 234 g/mol. The minimum Gasteiger partial charge on any atom is -0.317 e. The lowest BCUT2D eigenvalue weighted by Crippen LogP contribution is -2.27. The van der Waals surface area contributed by atoms with Gasteiger partial charge in [0.05, 0.1) is 0 Å². The lowest BCUT2D eigenvalue weighted by molar-refractivity contribution is 0.444. The highest BCUT2D eigenvalue weighted by Gasteiger charge is 2.17. The Balaban J connectivity index is 1.76. The van der Waals surface area contributed by atoms with Gasteiger partial charge in [0, 0.05) is 24.2 Å². The molecule has 0 bridgehead atoms. The van der Waals surface area contributed by atoms with Gasteiger partial charge in [0.2, 0.25) is 0 Å². The van der Waals surface area contributed by atoms with Crippen molar-refractivity contribution >= 4 is 0 Å². The zero-order valence-corrected chi connectivity index (χ0v) is 11.0. The van der Waals surface area contributed by atoms with Crippen molar-refractivity contribution in [3.05, 3.63) is 59.7 Å². The summed E-state index contributed by atoms with van der Waals surface area (Å²) in [4.78, 5) is 9.22. The summed E-state index contributed by atoms with van der Waals surface area (Å²) in [5.41, 5.74) is 2.42. The number of rotatable bonds is 3. The summed E-state index contributed by atoms with van der Waals surface area (Å²) >= 11 is 0. The van der Waals surface area contributed by atoms with Crippen LogP contribution in [0, 0.1) is 0 Å². The third-order valence-corrected chi connectivity index (χ3v) is 3.66. The maximum Gasteiger partial charge on any atom is 0.131 e. The lowest BCUT2D eigenvalue weighted by Gasteiger charge is -2.21. The molecule has 3 heteroatoms. The van der Waals surface area contributed by atoms with E-state index in [4.69, 9.17) is 4.98 Å². The number of piperidine rings is 1. The molecule has 0 atom stereocenters. The van der Waals surface area contributed by atoms with E-state index in [-0.39, 0.29) is 0 Å². The normalized spacial score (nSPS) is 16.4. The maximum absolute atomic E-state index is 4.75. The molecule has 0 spiro atoms. The third-order valence-electron chi connectivity index (χ3n) is 3.66. The highest BCUT2D eigenvalue weighted by atomic mass is 14.9. The Morgan fingerprint density at radius 2 is 1.84 bits per heavy atom. The van der Waals surface area contributed by atoms with E-state index in [0.29, 0.717) is 5.92 Å². The molecule has 1 aromatic carbocycles. The minimum absolute atomic E-state index is 0.525. The Kier molecular flexibility index (Phi) is 3.84. The summed E-state index contributed by atoms with van der Waals surface area (Å²) < 4.78 is 0. The molecule has 1 N–H and O–H groups in total. The first-order valence-corrected chi connectivity index (χ1v) is 6.98. The van der Waals surface area contributed by atoms with Gasteiger partial charge in [0.15, 0.2) is 0 Å². The maximum atomic E-state index is 4.75. The molecular formula is C16H19N3. The number of nitrogens with one attached hydrogen (secondary N) is 1. The Hall–Kier alpha value is -1.74. The van der Waals surface area contributed by atoms with Gasteiger partial charge in [0.1, 0.15) is 5.82 Å². The first-order chi connectivity index (χ1) is 9.42. The van der Waals surface area contributed by atoms with Crippen molar-refractivity contribution in [1.82, 2.24) is 15.3 Å². The van der Waals surface area contributed by atoms with Gasteiger partial charge in [-0.1, -0.05) is 30.3 Å². The van der Waals surface area contributed by atoms with Gasteiger partial charge in [0.25, 0.3) is 0 Å². The van der Waals surface area contributed by atoms with E-state index in [1.165, 1.54) is 5.56 Å². The largest absolute Gasteiger partial charge is 0.317 e. The standard InChI is InChI=1S/C16H19N3/c1-2-4-13(5-3-1)12-15-8-11-18-16(19-15)14-6-9-17-10-7-14/h1-5,8,11,14,17H,6-7,9-10,12H2. The van der Waals surface area contributed by atoms with Crippen LogP contribution in [0.15, 0.2) is 42.6 Å². The lowest BCUT2D eigenvalue weighted by atomic mass is 9.97. The summed E-state index contributed by atoms with van der Waals surface area (Å²) in [7, 11) is 0. The molecule has 0 saturated carbocycles. The number of benzene rings is 1. The van der Waals surface area contributed by atoms with Crippen molar-refractivity contribution in [2.24, 2.45) is 0 Å². The van der Waals surface area contributed by atoms with Crippen molar-refractivity contribution in [2.45, 2.75) is 25.2 Å². The van der Waals surface area contributed by atoms with Gasteiger partial charge in [-0.25, -0.2) is 9.97 Å². The molecule has 0 aliphatic carbocycles. The van der Waals surface area contributed by atoms with Gasteiger partial charge in [-0.15, -0.1) is 0 Å². The van der Waals surface area contributed by atoms with E-state index in [0.717, 1.165) is 43.9 Å². The van der Waals surface area contributed by atoms with E-state index in [2.05, 4.69) is 34.6 Å². The van der Waals surface area contributed by atoms with Crippen molar-refractivity contribution in [1.29, 1.82) is 0 Å². The highest BCUT2D eigenvalue weighted by molar-refractivity contribution is 5.21. The van der Waals surface area contributed by atoms with Crippen LogP contribution in [-0.2, 0) is 6.42 Å². The quantitative estimate of drug-likeness (QED) is 0.913. The van der Waals surface area contributed by atoms with E-state index in [1.54, 1.807) is 0 Å². The summed E-state index contributed by atoms with van der Waals surface area (Å²) in [5.74, 6) is 1.55. The number of aromatic nitrogens is 2. The molecule has 2 heterocycles. The van der Waals surface area contributed by atoms with Crippen LogP contribution < -0.4 is 5.32 Å². The highest BCUT2D eigenvalue weighted by Crippen LogP contribution is 2.22. The Bertz CT molecular complexity index is 519. The Labute approximate surface area is 114 Å². The summed E-state index contributed by atoms with van der Waals surface area (Å²) in [6, 6.07) is 12.5. The Morgan fingerprint density at radius 1 is 1.05 bits per heavy atom. The van der Waals surface area contributed by atoms with E-state index in [9.17, 15) is 0 Å². The molecule has 0 amide bonds. The number of nitrogens with zero attached hydrogens (tertiary/aromatic N) is 2. The first-order valence-electron chi connectivity index (χ1n) is 6.98. The van der Waals surface area contributed by atoms with Crippen LogP contribution in [0.4, 0.5) is 0 Å². The average molecular weight is 253 g/mol. The van der Waals surface area contributed by atoms with Gasteiger partial charge in [-0.05, 0) is 37.6 Å². The van der Waals surface area contributed by atoms with Gasteiger partial charge in [-0.2, -0.15) is 0 Å². The van der Waals surface area contributed by atoms with Gasteiger partial charge in [-0.3, -0.25) is 0 Å². The van der Waals surface area contributed by atoms with Crippen molar-refractivity contribution in [3.63, 3.8) is 0 Å². The van der Waals surface area contributed by atoms with Crippen LogP contribution in [-0.4, -0.2) is 23.1 Å². The minimum atomic E-state index is 0.525. The number of hydrogen-bond donors (Lipinski definition) is 1. The number of hydrogen-bond acceptors (Lipinski definition) is 3. The molecule has 0 radical (unpaired) electrons. The van der Waals surface area contributed by atoms with Crippen molar-refractivity contribution in [3.8, 4) is 0 Å². The van der Waals surface area contributed by atoms with Crippen molar-refractivity contribution in [2.75, 3.05) is 13.1 Å². The van der Waals surface area contributed by atoms with Crippen LogP contribution in [0.25, 0.3) is 0 Å². The fraction of sp³-hybridized carbons (Fsp3) is 0.375. The second-order valence-corrected chi connectivity index (χ2v) is 5.09. The predicted molar refractivity (Wildman–Crippen MR) is 76.1 cm³/mol. The van der Waals surface area contributed by atoms with Crippen LogP contribution in [0.3, 0.4) is 0 Å². The molecule has 3 nitrogen and oxygen atoms in total. The zero-order valence-electron chi connectivity index (χ0n) is 11.0. The monoisotopic (exact) mass is 253 g/mol. The SMILES string of the molecule is c1ccc(Cc2ccnc(C3CCNCC3)n2)cc1. The van der Waals surface area contributed by atoms with Gasteiger partial charge >= 0.3 is 0 Å². The second-order valence-electron chi connectivity index (χ2n) is 5.09. The first kappa shape index (κ1) is 12.3. The second kappa shape index (κ2) is 5.93. The molecule has 2 aromatic rings. The third kappa shape index (κ3) is 3.18. The molecule has 98 valence electrons. The van der Waals surface area contributed by atoms with Crippen LogP contribution in [0.1, 0.15) is 35.8 Å². The van der Waals surface area contributed by atoms with Crippen molar-refractivity contribution < 1.29 is 0 Å². The van der Waals surface area contributed by atoms with E-state index < -0.39 is 0 Å². The summed E-state index contributed by atoms with van der Waals surface area (Å²) in [6.45, 7) is 2.16. The fourth-order valence-electron chi connectivity index (χ4n) is 2.59. The van der Waals surface area contributed by atoms with E-state index >= 15 is 0 Å². The molecule has 1 fully saturated rings. The Morgan fingerprint density at radius 3 is 2.63 bits per heavy atom. The average Bonchev–Trinajstić information content (AvgIpc) is 2.49. The van der Waals surface area contributed by atoms with E-state index in [1.807, 2.05) is 18.3 Å². The molecule has 1 saturated heterocycles. The molecule has 3 rings (SSSR count). The molecule has 1 aliphatic heterocycles. The summed E-state index contributed by atoms with van der Waals surface area (Å²) in [5, 5.41) is 3.38. The molecule has 1 aliphatic rings. The van der Waals surface area contributed by atoms with Crippen LogP contribution >= 0.6 is 0 Å². The molecule has 0 unspecified atom stereocenters. The zero-order chi connectivity index (χ0) is 12.9. The van der Waals surface area contributed by atoms with Crippen LogP contribution in [0.2, 0.25) is 0 Å². The summed E-state index contributed by atoms with van der Waals surface area (Å²) in [6.07, 6.45) is 5.09. The fourth-order valence-corrected chi connectivity index (χ4v) is 2.59. The topological polar surface area (TPSA) is 37.8 Å². The van der Waals surface area contributed by atoms with Crippen LogP contribution in [0.5, 0.6) is 0 Å². The van der Waals surface area contributed by atoms with Gasteiger partial charge < -0.3 is 5.32 Å². The molecule has 19 heavy (non-hydrogen) atoms. The molecule has 1 aromatic heterocycles. The smallest absolute Gasteiger partial charge is 0.131 e.